The highest BCUT2D eigenvalue weighted by atomic mass is 32.1. The number of benzene rings is 1. The summed E-state index contributed by atoms with van der Waals surface area (Å²) in [7, 11) is 0. The number of rotatable bonds is 2. The van der Waals surface area contributed by atoms with E-state index in [1.54, 1.807) is 0 Å². The fourth-order valence-corrected chi connectivity index (χ4v) is 1.09. The second kappa shape index (κ2) is 3.65. The van der Waals surface area contributed by atoms with Crippen molar-refractivity contribution < 1.29 is 0 Å². The number of hydrogen-bond donors (Lipinski definition) is 2. The molecule has 0 fully saturated rings. The van der Waals surface area contributed by atoms with Crippen molar-refractivity contribution >= 4 is 17.2 Å². The smallest absolute Gasteiger partial charge is 0.103 e. The van der Waals surface area contributed by atoms with Crippen molar-refractivity contribution in [3.8, 4) is 0 Å². The van der Waals surface area contributed by atoms with Crippen LogP contribution in [0.5, 0.6) is 0 Å². The predicted octanol–water partition coefficient (Wildman–Crippen LogP) is 1.34. The van der Waals surface area contributed by atoms with Gasteiger partial charge in [-0.25, -0.2) is 0 Å². The average Bonchev–Trinajstić information content (AvgIpc) is 2.04. The SMILES string of the molecule is CC(N)c1ccc(C(N)=S)cc1. The van der Waals surface area contributed by atoms with E-state index in [-0.39, 0.29) is 6.04 Å². The Morgan fingerprint density at radius 2 is 1.83 bits per heavy atom. The lowest BCUT2D eigenvalue weighted by Crippen LogP contribution is -2.10. The summed E-state index contributed by atoms with van der Waals surface area (Å²) in [4.78, 5) is 0.422. The molecule has 0 aliphatic heterocycles. The molecule has 0 aliphatic carbocycles. The van der Waals surface area contributed by atoms with Gasteiger partial charge in [0.1, 0.15) is 4.99 Å². The normalized spacial score (nSPS) is 12.5. The second-order valence-electron chi connectivity index (χ2n) is 2.77. The molecule has 0 amide bonds. The van der Waals surface area contributed by atoms with Crippen LogP contribution in [0.4, 0.5) is 0 Å². The van der Waals surface area contributed by atoms with Gasteiger partial charge in [0.05, 0.1) is 0 Å². The maximum atomic E-state index is 5.68. The Morgan fingerprint density at radius 1 is 1.33 bits per heavy atom. The predicted molar refractivity (Wildman–Crippen MR) is 54.9 cm³/mol. The van der Waals surface area contributed by atoms with E-state index in [4.69, 9.17) is 23.7 Å². The molecule has 0 radical (unpaired) electrons. The Kier molecular flexibility index (Phi) is 2.78. The summed E-state index contributed by atoms with van der Waals surface area (Å²) < 4.78 is 0. The fourth-order valence-electron chi connectivity index (χ4n) is 0.951. The molecule has 0 saturated carbocycles. The summed E-state index contributed by atoms with van der Waals surface area (Å²) >= 11 is 4.82. The summed E-state index contributed by atoms with van der Waals surface area (Å²) in [6, 6.07) is 7.73. The highest BCUT2D eigenvalue weighted by Gasteiger charge is 1.99. The molecule has 0 bridgehead atoms. The third-order valence-corrected chi connectivity index (χ3v) is 1.96. The minimum atomic E-state index is 0.0606. The number of thiocarbonyl (C=S) groups is 1. The van der Waals surface area contributed by atoms with Crippen molar-refractivity contribution in [2.75, 3.05) is 0 Å². The van der Waals surface area contributed by atoms with E-state index < -0.39 is 0 Å². The van der Waals surface area contributed by atoms with Crippen molar-refractivity contribution in [3.05, 3.63) is 35.4 Å². The molecule has 2 nitrogen and oxygen atoms in total. The molecule has 0 saturated heterocycles. The number of nitrogens with two attached hydrogens (primary N) is 2. The van der Waals surface area contributed by atoms with E-state index in [0.29, 0.717) is 4.99 Å². The highest BCUT2D eigenvalue weighted by Crippen LogP contribution is 2.10. The van der Waals surface area contributed by atoms with Crippen LogP contribution in [0.1, 0.15) is 24.1 Å². The van der Waals surface area contributed by atoms with Crippen LogP contribution in [0.3, 0.4) is 0 Å². The highest BCUT2D eigenvalue weighted by molar-refractivity contribution is 7.80. The quantitative estimate of drug-likeness (QED) is 0.675. The lowest BCUT2D eigenvalue weighted by Gasteiger charge is -2.05. The molecule has 0 heterocycles. The fraction of sp³-hybridized carbons (Fsp3) is 0.222. The minimum absolute atomic E-state index is 0.0606. The first-order chi connectivity index (χ1) is 5.61. The molecule has 1 atom stereocenters. The van der Waals surface area contributed by atoms with Crippen LogP contribution in [0, 0.1) is 0 Å². The van der Waals surface area contributed by atoms with E-state index >= 15 is 0 Å². The van der Waals surface area contributed by atoms with Crippen LogP contribution in [-0.2, 0) is 0 Å². The van der Waals surface area contributed by atoms with Crippen molar-refractivity contribution in [3.63, 3.8) is 0 Å². The molecule has 1 rings (SSSR count). The summed E-state index contributed by atoms with van der Waals surface area (Å²) in [5.74, 6) is 0. The summed E-state index contributed by atoms with van der Waals surface area (Å²) in [6.07, 6.45) is 0. The molecule has 1 aromatic carbocycles. The van der Waals surface area contributed by atoms with Crippen molar-refractivity contribution in [1.82, 2.24) is 0 Å². The first-order valence-electron chi connectivity index (χ1n) is 3.76. The van der Waals surface area contributed by atoms with Crippen LogP contribution in [0.15, 0.2) is 24.3 Å². The van der Waals surface area contributed by atoms with Crippen molar-refractivity contribution in [1.29, 1.82) is 0 Å². The Balaban J connectivity index is 2.93. The third kappa shape index (κ3) is 2.03. The standard InChI is InChI=1S/C9H12N2S/c1-6(10)7-2-4-8(5-3-7)9(11)12/h2-6H,10H2,1H3,(H2,11,12). The van der Waals surface area contributed by atoms with Crippen molar-refractivity contribution in [2.45, 2.75) is 13.0 Å². The summed E-state index contributed by atoms with van der Waals surface area (Å²) in [5, 5.41) is 0. The van der Waals surface area contributed by atoms with E-state index in [1.165, 1.54) is 0 Å². The van der Waals surface area contributed by atoms with Gasteiger partial charge in [0.2, 0.25) is 0 Å². The maximum absolute atomic E-state index is 5.68. The van der Waals surface area contributed by atoms with Crippen LogP contribution < -0.4 is 11.5 Å². The number of hydrogen-bond acceptors (Lipinski definition) is 2. The van der Waals surface area contributed by atoms with Gasteiger partial charge in [-0.1, -0.05) is 36.5 Å². The van der Waals surface area contributed by atoms with Gasteiger partial charge in [0, 0.05) is 11.6 Å². The first kappa shape index (κ1) is 9.16. The van der Waals surface area contributed by atoms with Gasteiger partial charge < -0.3 is 11.5 Å². The molecular formula is C9H12N2S. The summed E-state index contributed by atoms with van der Waals surface area (Å²) in [6.45, 7) is 1.94. The zero-order valence-corrected chi connectivity index (χ0v) is 7.77. The summed E-state index contributed by atoms with van der Waals surface area (Å²) in [5.41, 5.74) is 13.1. The zero-order chi connectivity index (χ0) is 9.14. The Morgan fingerprint density at radius 3 is 2.17 bits per heavy atom. The van der Waals surface area contributed by atoms with E-state index in [9.17, 15) is 0 Å². The molecular weight excluding hydrogens is 168 g/mol. The van der Waals surface area contributed by atoms with E-state index in [2.05, 4.69) is 0 Å². The van der Waals surface area contributed by atoms with Gasteiger partial charge in [-0.3, -0.25) is 0 Å². The van der Waals surface area contributed by atoms with E-state index in [0.717, 1.165) is 11.1 Å². The molecule has 0 aromatic heterocycles. The molecule has 0 aliphatic rings. The third-order valence-electron chi connectivity index (χ3n) is 1.72. The topological polar surface area (TPSA) is 52.0 Å². The van der Waals surface area contributed by atoms with E-state index in [1.807, 2.05) is 31.2 Å². The maximum Gasteiger partial charge on any atom is 0.103 e. The largest absolute Gasteiger partial charge is 0.389 e. The van der Waals surface area contributed by atoms with Gasteiger partial charge in [0.15, 0.2) is 0 Å². The average molecular weight is 180 g/mol. The zero-order valence-electron chi connectivity index (χ0n) is 6.95. The van der Waals surface area contributed by atoms with Crippen LogP contribution in [0.2, 0.25) is 0 Å². The Labute approximate surface area is 77.6 Å². The molecule has 1 unspecified atom stereocenters. The Bertz CT molecular complexity index is 277. The molecule has 3 heteroatoms. The monoisotopic (exact) mass is 180 g/mol. The molecule has 0 spiro atoms. The van der Waals surface area contributed by atoms with Gasteiger partial charge in [-0.15, -0.1) is 0 Å². The van der Waals surface area contributed by atoms with Crippen molar-refractivity contribution in [2.24, 2.45) is 11.5 Å². The molecule has 1 aromatic rings. The molecule has 64 valence electrons. The Hall–Kier alpha value is -0.930. The van der Waals surface area contributed by atoms with Crippen LogP contribution in [-0.4, -0.2) is 4.99 Å². The van der Waals surface area contributed by atoms with Gasteiger partial charge >= 0.3 is 0 Å². The van der Waals surface area contributed by atoms with Crippen LogP contribution in [0.25, 0.3) is 0 Å². The van der Waals surface area contributed by atoms with Crippen LogP contribution >= 0.6 is 12.2 Å². The minimum Gasteiger partial charge on any atom is -0.389 e. The van der Waals surface area contributed by atoms with Gasteiger partial charge in [-0.2, -0.15) is 0 Å². The van der Waals surface area contributed by atoms with Gasteiger partial charge in [0.25, 0.3) is 0 Å². The molecule has 4 N–H and O–H groups in total. The lowest BCUT2D eigenvalue weighted by molar-refractivity contribution is 0.818. The first-order valence-corrected chi connectivity index (χ1v) is 4.17. The molecule has 12 heavy (non-hydrogen) atoms. The second-order valence-corrected chi connectivity index (χ2v) is 3.21. The van der Waals surface area contributed by atoms with Gasteiger partial charge in [-0.05, 0) is 12.5 Å². The lowest BCUT2D eigenvalue weighted by atomic mass is 10.1.